The number of rotatable bonds is 2. The molecule has 2 aromatic carbocycles. The molecular formula is C21H16BrNO4. The number of hydrogen-bond acceptors (Lipinski definition) is 4. The third kappa shape index (κ3) is 2.05. The van der Waals surface area contributed by atoms with Crippen LogP contribution >= 0.6 is 15.9 Å². The lowest BCUT2D eigenvalue weighted by molar-refractivity contribution is -0.145. The van der Waals surface area contributed by atoms with E-state index in [0.717, 1.165) is 28.4 Å². The SMILES string of the molecule is O=C(Nc1ccc2c(c1)oc1ccccc12)[C@@H]1[C@H]2C[C@H]3[C@H](OC(=O)[C@H]31)[C@H]2Br. The van der Waals surface area contributed by atoms with E-state index in [-0.39, 0.29) is 46.5 Å². The number of benzene rings is 2. The fourth-order valence-electron chi connectivity index (χ4n) is 5.36. The summed E-state index contributed by atoms with van der Waals surface area (Å²) < 4.78 is 11.4. The van der Waals surface area contributed by atoms with Crippen molar-refractivity contribution in [3.8, 4) is 0 Å². The van der Waals surface area contributed by atoms with Crippen molar-refractivity contribution < 1.29 is 18.7 Å². The van der Waals surface area contributed by atoms with Gasteiger partial charge in [-0.05, 0) is 30.5 Å². The van der Waals surface area contributed by atoms with Crippen LogP contribution < -0.4 is 5.32 Å². The molecule has 1 aromatic heterocycles. The number of esters is 1. The molecule has 6 atom stereocenters. The summed E-state index contributed by atoms with van der Waals surface area (Å²) >= 11 is 3.65. The Hall–Kier alpha value is -2.34. The molecule has 27 heavy (non-hydrogen) atoms. The molecule has 0 unspecified atom stereocenters. The molecule has 5 nitrogen and oxygen atoms in total. The van der Waals surface area contributed by atoms with Gasteiger partial charge in [-0.1, -0.05) is 34.1 Å². The van der Waals surface area contributed by atoms with Gasteiger partial charge in [-0.3, -0.25) is 9.59 Å². The Balaban J connectivity index is 1.32. The number of carbonyl (C=O) groups excluding carboxylic acids is 2. The van der Waals surface area contributed by atoms with Crippen molar-refractivity contribution in [1.29, 1.82) is 0 Å². The minimum Gasteiger partial charge on any atom is -0.461 e. The minimum absolute atomic E-state index is 0.0663. The quantitative estimate of drug-likeness (QED) is 0.495. The van der Waals surface area contributed by atoms with Crippen molar-refractivity contribution in [2.45, 2.75) is 17.4 Å². The Morgan fingerprint density at radius 1 is 1.07 bits per heavy atom. The molecule has 136 valence electrons. The molecule has 1 N–H and O–H groups in total. The van der Waals surface area contributed by atoms with Gasteiger partial charge in [-0.2, -0.15) is 0 Å². The smallest absolute Gasteiger partial charge is 0.310 e. The summed E-state index contributed by atoms with van der Waals surface area (Å²) in [6.07, 6.45) is 0.806. The van der Waals surface area contributed by atoms with Gasteiger partial charge in [0.2, 0.25) is 5.91 Å². The molecule has 6 rings (SSSR count). The van der Waals surface area contributed by atoms with E-state index in [4.69, 9.17) is 9.15 Å². The maximum absolute atomic E-state index is 13.0. The molecule has 0 radical (unpaired) electrons. The molecule has 1 saturated heterocycles. The van der Waals surface area contributed by atoms with Gasteiger partial charge < -0.3 is 14.5 Å². The Kier molecular flexibility index (Phi) is 3.11. The van der Waals surface area contributed by atoms with Crippen LogP contribution in [0.5, 0.6) is 0 Å². The van der Waals surface area contributed by atoms with Crippen molar-refractivity contribution in [1.82, 2.24) is 0 Å². The summed E-state index contributed by atoms with van der Waals surface area (Å²) in [5.74, 6) is -0.653. The highest BCUT2D eigenvalue weighted by Gasteiger charge is 2.67. The van der Waals surface area contributed by atoms with Crippen LogP contribution in [0.25, 0.3) is 21.9 Å². The second-order valence-corrected chi connectivity index (χ2v) is 8.82. The van der Waals surface area contributed by atoms with E-state index in [1.54, 1.807) is 0 Å². The molecular weight excluding hydrogens is 410 g/mol. The molecule has 1 aliphatic heterocycles. The molecule has 2 bridgehead atoms. The van der Waals surface area contributed by atoms with E-state index in [1.165, 1.54) is 0 Å². The predicted molar refractivity (Wildman–Crippen MR) is 104 cm³/mol. The first kappa shape index (κ1) is 15.7. The van der Waals surface area contributed by atoms with Crippen LogP contribution in [0.3, 0.4) is 0 Å². The predicted octanol–water partition coefficient (Wildman–Crippen LogP) is 4.10. The van der Waals surface area contributed by atoms with Gasteiger partial charge in [0, 0.05) is 28.4 Å². The normalized spacial score (nSPS) is 33.7. The number of amides is 1. The summed E-state index contributed by atoms with van der Waals surface area (Å²) in [5.41, 5.74) is 2.25. The first-order chi connectivity index (χ1) is 13.1. The summed E-state index contributed by atoms with van der Waals surface area (Å²) in [5, 5.41) is 5.08. The van der Waals surface area contributed by atoms with Gasteiger partial charge in [-0.15, -0.1) is 0 Å². The van der Waals surface area contributed by atoms with Crippen molar-refractivity contribution in [3.05, 3.63) is 42.5 Å². The van der Waals surface area contributed by atoms with Gasteiger partial charge in [0.15, 0.2) is 0 Å². The fourth-order valence-corrected chi connectivity index (χ4v) is 6.40. The van der Waals surface area contributed by atoms with Crippen LogP contribution in [-0.2, 0) is 14.3 Å². The standard InChI is InChI=1S/C21H16BrNO4/c22-18-12-8-13-17(21(25)27-19(13)18)16(12)20(24)23-9-5-6-11-10-3-1-2-4-14(10)26-15(11)7-9/h1-7,12-13,16-19H,8H2,(H,23,24)/t12-,13-,16-,17-,18+,19+/m1/s1. The van der Waals surface area contributed by atoms with Crippen LogP contribution in [0.2, 0.25) is 0 Å². The molecule has 0 spiro atoms. The summed E-state index contributed by atoms with van der Waals surface area (Å²) in [4.78, 5) is 25.3. The number of nitrogens with one attached hydrogen (secondary N) is 1. The molecule has 1 amide bonds. The van der Waals surface area contributed by atoms with Gasteiger partial charge in [0.05, 0.1) is 16.7 Å². The van der Waals surface area contributed by atoms with Gasteiger partial charge in [0.1, 0.15) is 17.3 Å². The third-order valence-corrected chi connectivity index (χ3v) is 7.67. The lowest BCUT2D eigenvalue weighted by Crippen LogP contribution is -2.40. The maximum Gasteiger partial charge on any atom is 0.310 e. The Morgan fingerprint density at radius 3 is 2.78 bits per heavy atom. The summed E-state index contributed by atoms with van der Waals surface area (Å²) in [6, 6.07) is 13.6. The molecule has 3 aliphatic rings. The van der Waals surface area contributed by atoms with E-state index >= 15 is 0 Å². The second-order valence-electron chi connectivity index (χ2n) is 7.76. The Labute approximate surface area is 163 Å². The van der Waals surface area contributed by atoms with Crippen LogP contribution in [0.1, 0.15) is 6.42 Å². The Bertz CT molecular complexity index is 1120. The molecule has 6 heteroatoms. The zero-order valence-corrected chi connectivity index (χ0v) is 15.8. The summed E-state index contributed by atoms with van der Waals surface area (Å²) in [6.45, 7) is 0. The zero-order chi connectivity index (χ0) is 18.3. The monoisotopic (exact) mass is 425 g/mol. The van der Waals surface area contributed by atoms with Gasteiger partial charge in [0.25, 0.3) is 0 Å². The highest BCUT2D eigenvalue weighted by Crippen LogP contribution is 2.60. The molecule has 3 aromatic rings. The fraction of sp³-hybridized carbons (Fsp3) is 0.333. The summed E-state index contributed by atoms with van der Waals surface area (Å²) in [7, 11) is 0. The van der Waals surface area contributed by atoms with Gasteiger partial charge in [-0.25, -0.2) is 0 Å². The van der Waals surface area contributed by atoms with Crippen molar-refractivity contribution in [2.75, 3.05) is 5.32 Å². The molecule has 3 fully saturated rings. The number of para-hydroxylation sites is 1. The molecule has 2 saturated carbocycles. The lowest BCUT2D eigenvalue weighted by Gasteiger charge is -2.27. The van der Waals surface area contributed by atoms with Crippen molar-refractivity contribution in [3.63, 3.8) is 0 Å². The highest BCUT2D eigenvalue weighted by molar-refractivity contribution is 9.09. The second kappa shape index (κ2) is 5.35. The number of carbonyl (C=O) groups is 2. The van der Waals surface area contributed by atoms with E-state index < -0.39 is 0 Å². The number of ether oxygens (including phenoxy) is 1. The number of halogens is 1. The first-order valence-corrected chi connectivity index (χ1v) is 10.1. The lowest BCUT2D eigenvalue weighted by atomic mass is 9.79. The maximum atomic E-state index is 13.0. The highest BCUT2D eigenvalue weighted by atomic mass is 79.9. The Morgan fingerprint density at radius 2 is 1.89 bits per heavy atom. The average molecular weight is 426 g/mol. The first-order valence-electron chi connectivity index (χ1n) is 9.18. The molecule has 2 heterocycles. The van der Waals surface area contributed by atoms with Crippen LogP contribution in [0, 0.1) is 23.7 Å². The number of hydrogen-bond donors (Lipinski definition) is 1. The van der Waals surface area contributed by atoms with Crippen molar-refractivity contribution in [2.24, 2.45) is 23.7 Å². The number of furan rings is 1. The number of alkyl halides is 1. The third-order valence-electron chi connectivity index (χ3n) is 6.47. The average Bonchev–Trinajstić information content (AvgIpc) is 3.36. The molecule has 2 aliphatic carbocycles. The zero-order valence-electron chi connectivity index (χ0n) is 14.2. The van der Waals surface area contributed by atoms with Gasteiger partial charge >= 0.3 is 5.97 Å². The largest absolute Gasteiger partial charge is 0.461 e. The van der Waals surface area contributed by atoms with Crippen LogP contribution in [-0.4, -0.2) is 22.8 Å². The van der Waals surface area contributed by atoms with Crippen LogP contribution in [0.4, 0.5) is 5.69 Å². The number of anilines is 1. The van der Waals surface area contributed by atoms with E-state index in [9.17, 15) is 9.59 Å². The van der Waals surface area contributed by atoms with E-state index in [1.807, 2.05) is 42.5 Å². The van der Waals surface area contributed by atoms with Crippen LogP contribution in [0.15, 0.2) is 46.9 Å². The van der Waals surface area contributed by atoms with Crippen molar-refractivity contribution >= 4 is 55.4 Å². The minimum atomic E-state index is -0.336. The number of fused-ring (bicyclic) bond motifs is 4. The van der Waals surface area contributed by atoms with E-state index in [2.05, 4.69) is 21.2 Å². The van der Waals surface area contributed by atoms with E-state index in [0.29, 0.717) is 5.69 Å². The topological polar surface area (TPSA) is 68.5 Å².